The number of nitrogens with one attached hydrogen (secondary N) is 1. The van der Waals surface area contributed by atoms with Crippen LogP contribution in [0.2, 0.25) is 0 Å². The lowest BCUT2D eigenvalue weighted by Gasteiger charge is -2.24. The van der Waals surface area contributed by atoms with Gasteiger partial charge in [0, 0.05) is 4.88 Å². The minimum absolute atomic E-state index is 0.344. The van der Waals surface area contributed by atoms with Crippen LogP contribution in [0.4, 0.5) is 5.00 Å². The van der Waals surface area contributed by atoms with Crippen molar-refractivity contribution in [2.75, 3.05) is 12.4 Å². The summed E-state index contributed by atoms with van der Waals surface area (Å²) in [6, 6.07) is 0. The third kappa shape index (κ3) is 3.67. The molecule has 0 saturated heterocycles. The Hall–Kier alpha value is -2.15. The van der Waals surface area contributed by atoms with Gasteiger partial charge in [-0.1, -0.05) is 18.6 Å². The Morgan fingerprint density at radius 2 is 1.81 bits per heavy atom. The average molecular weight is 377 g/mol. The summed E-state index contributed by atoms with van der Waals surface area (Å²) < 4.78 is 4.94. The number of carbonyl (C=O) groups excluding carboxylic acids is 2. The topological polar surface area (TPSA) is 92.7 Å². The molecule has 2 atom stereocenters. The first-order chi connectivity index (χ1) is 12.5. The van der Waals surface area contributed by atoms with Gasteiger partial charge in [0.2, 0.25) is 5.91 Å². The van der Waals surface area contributed by atoms with Crippen LogP contribution in [0.1, 0.15) is 52.9 Å². The van der Waals surface area contributed by atoms with Crippen LogP contribution < -0.4 is 5.32 Å². The molecule has 1 aromatic rings. The average Bonchev–Trinajstić information content (AvgIpc) is 2.81. The quantitative estimate of drug-likeness (QED) is 0.476. The van der Waals surface area contributed by atoms with Crippen molar-refractivity contribution < 1.29 is 24.2 Å². The molecule has 0 unspecified atom stereocenters. The highest BCUT2D eigenvalue weighted by Crippen LogP contribution is 2.39. The molecule has 0 radical (unpaired) electrons. The number of methoxy groups -OCH3 is 1. The lowest BCUT2D eigenvalue weighted by Crippen LogP contribution is -2.34. The smallest absolute Gasteiger partial charge is 0.341 e. The number of hydrogen-bond acceptors (Lipinski definition) is 5. The van der Waals surface area contributed by atoms with Gasteiger partial charge in [-0.15, -0.1) is 11.3 Å². The van der Waals surface area contributed by atoms with Gasteiger partial charge in [0.15, 0.2) is 0 Å². The van der Waals surface area contributed by atoms with Crippen LogP contribution >= 0.6 is 11.3 Å². The van der Waals surface area contributed by atoms with Crippen molar-refractivity contribution in [2.24, 2.45) is 11.8 Å². The summed E-state index contributed by atoms with van der Waals surface area (Å²) in [5.41, 5.74) is 1.42. The van der Waals surface area contributed by atoms with Crippen LogP contribution in [-0.2, 0) is 27.2 Å². The van der Waals surface area contributed by atoms with E-state index in [-0.39, 0.29) is 5.91 Å². The summed E-state index contributed by atoms with van der Waals surface area (Å²) in [6.45, 7) is 0. The first-order valence-corrected chi connectivity index (χ1v) is 9.76. The number of carboxylic acids is 1. The largest absolute Gasteiger partial charge is 0.481 e. The second-order valence-corrected chi connectivity index (χ2v) is 7.85. The lowest BCUT2D eigenvalue weighted by molar-refractivity contribution is -0.146. The fourth-order valence-electron chi connectivity index (χ4n) is 3.73. The number of hydrogen-bond donors (Lipinski definition) is 2. The standard InChI is InChI=1S/C19H23NO5S/c1-25-19(24)15-13-9-3-2-4-10-14(13)26-17(15)20-16(21)11-7-5-6-8-12(11)18(22)23/h5-6,11-12H,2-4,7-10H2,1H3,(H,20,21)(H,22,23)/t11-,12-/m1/s1. The normalized spacial score (nSPS) is 22.2. The number of thiophene rings is 1. The molecule has 6 nitrogen and oxygen atoms in total. The van der Waals surface area contributed by atoms with E-state index in [9.17, 15) is 19.5 Å². The third-order valence-corrected chi connectivity index (χ3v) is 6.34. The lowest BCUT2D eigenvalue weighted by atomic mass is 9.82. The molecule has 0 spiro atoms. The molecule has 1 aromatic heterocycles. The summed E-state index contributed by atoms with van der Waals surface area (Å²) in [5, 5.41) is 12.7. The Morgan fingerprint density at radius 1 is 1.12 bits per heavy atom. The molecule has 0 aromatic carbocycles. The fraction of sp³-hybridized carbons (Fsp3) is 0.526. The highest BCUT2D eigenvalue weighted by Gasteiger charge is 2.35. The SMILES string of the molecule is COC(=O)c1c(NC(=O)[C@@H]2CC=CC[C@H]2C(=O)O)sc2c1CCCCC2. The number of aliphatic carboxylic acids is 1. The number of esters is 1. The van der Waals surface area contributed by atoms with Crippen LogP contribution in [0.3, 0.4) is 0 Å². The van der Waals surface area contributed by atoms with Gasteiger partial charge in [-0.2, -0.15) is 0 Å². The number of carboxylic acid groups (broad SMARTS) is 1. The number of amides is 1. The zero-order valence-corrected chi connectivity index (χ0v) is 15.6. The van der Waals surface area contributed by atoms with Gasteiger partial charge >= 0.3 is 11.9 Å². The van der Waals surface area contributed by atoms with Gasteiger partial charge in [-0.25, -0.2) is 4.79 Å². The van der Waals surface area contributed by atoms with E-state index in [1.54, 1.807) is 6.08 Å². The molecule has 2 aliphatic rings. The van der Waals surface area contributed by atoms with Crippen LogP contribution in [0.25, 0.3) is 0 Å². The molecule has 0 saturated carbocycles. The van der Waals surface area contributed by atoms with Crippen molar-refractivity contribution in [3.8, 4) is 0 Å². The molecule has 0 aliphatic heterocycles. The van der Waals surface area contributed by atoms with Gasteiger partial charge in [-0.3, -0.25) is 9.59 Å². The predicted octanol–water partition coefficient (Wildman–Crippen LogP) is 3.41. The predicted molar refractivity (Wildman–Crippen MR) is 98.5 cm³/mol. The monoisotopic (exact) mass is 377 g/mol. The second kappa shape index (κ2) is 8.03. The Balaban J connectivity index is 1.89. The highest BCUT2D eigenvalue weighted by molar-refractivity contribution is 7.17. The molecule has 2 aliphatic carbocycles. The molecule has 1 amide bonds. The number of carbonyl (C=O) groups is 3. The maximum atomic E-state index is 12.8. The molecule has 2 N–H and O–H groups in total. The van der Waals surface area contributed by atoms with Crippen molar-refractivity contribution in [3.63, 3.8) is 0 Å². The van der Waals surface area contributed by atoms with Gasteiger partial charge in [0.05, 0.1) is 24.5 Å². The zero-order chi connectivity index (χ0) is 18.7. The molecule has 0 fully saturated rings. The molecule has 0 bridgehead atoms. The molecule has 3 rings (SSSR count). The van der Waals surface area contributed by atoms with E-state index in [1.165, 1.54) is 18.4 Å². The van der Waals surface area contributed by atoms with Crippen molar-refractivity contribution in [1.29, 1.82) is 0 Å². The van der Waals surface area contributed by atoms with E-state index >= 15 is 0 Å². The summed E-state index contributed by atoms with van der Waals surface area (Å²) in [4.78, 5) is 37.7. The fourth-order valence-corrected chi connectivity index (χ4v) is 5.01. The van der Waals surface area contributed by atoms with Crippen LogP contribution in [0, 0.1) is 11.8 Å². The second-order valence-electron chi connectivity index (χ2n) is 6.74. The number of anilines is 1. The van der Waals surface area contributed by atoms with E-state index < -0.39 is 23.8 Å². The molecule has 26 heavy (non-hydrogen) atoms. The van der Waals surface area contributed by atoms with Crippen molar-refractivity contribution in [2.45, 2.75) is 44.9 Å². The summed E-state index contributed by atoms with van der Waals surface area (Å²) in [5.74, 6) is -3.13. The van der Waals surface area contributed by atoms with E-state index in [1.807, 2.05) is 6.08 Å². The summed E-state index contributed by atoms with van der Waals surface area (Å²) in [6.07, 6.45) is 9.27. The van der Waals surface area contributed by atoms with Gasteiger partial charge in [-0.05, 0) is 44.1 Å². The van der Waals surface area contributed by atoms with Gasteiger partial charge in [0.25, 0.3) is 0 Å². The summed E-state index contributed by atoms with van der Waals surface area (Å²) in [7, 11) is 1.33. The van der Waals surface area contributed by atoms with E-state index in [0.717, 1.165) is 42.5 Å². The van der Waals surface area contributed by atoms with E-state index in [0.29, 0.717) is 23.4 Å². The van der Waals surface area contributed by atoms with Crippen molar-refractivity contribution in [3.05, 3.63) is 28.2 Å². The summed E-state index contributed by atoms with van der Waals surface area (Å²) >= 11 is 1.42. The maximum absolute atomic E-state index is 12.8. The van der Waals surface area contributed by atoms with Crippen LogP contribution in [0.5, 0.6) is 0 Å². The Labute approximate surface area is 156 Å². The Bertz CT molecular complexity index is 751. The Morgan fingerprint density at radius 3 is 2.50 bits per heavy atom. The third-order valence-electron chi connectivity index (χ3n) is 5.13. The van der Waals surface area contributed by atoms with Crippen molar-refractivity contribution in [1.82, 2.24) is 0 Å². The first-order valence-electron chi connectivity index (χ1n) is 8.94. The molecular formula is C19H23NO5S. The molecule has 140 valence electrons. The number of ether oxygens (including phenoxy) is 1. The van der Waals surface area contributed by atoms with Crippen LogP contribution in [0.15, 0.2) is 12.2 Å². The molecule has 1 heterocycles. The van der Waals surface area contributed by atoms with Gasteiger partial charge in [0.1, 0.15) is 5.00 Å². The first kappa shape index (κ1) is 18.6. The van der Waals surface area contributed by atoms with E-state index in [4.69, 9.17) is 4.74 Å². The maximum Gasteiger partial charge on any atom is 0.341 e. The number of fused-ring (bicyclic) bond motifs is 1. The number of rotatable bonds is 4. The van der Waals surface area contributed by atoms with Gasteiger partial charge < -0.3 is 15.2 Å². The zero-order valence-electron chi connectivity index (χ0n) is 14.7. The van der Waals surface area contributed by atoms with Crippen LogP contribution in [-0.4, -0.2) is 30.1 Å². The van der Waals surface area contributed by atoms with E-state index in [2.05, 4.69) is 5.32 Å². The minimum atomic E-state index is -0.968. The Kier molecular flexibility index (Phi) is 5.76. The molecular weight excluding hydrogens is 354 g/mol. The highest BCUT2D eigenvalue weighted by atomic mass is 32.1. The molecule has 7 heteroatoms. The number of allylic oxidation sites excluding steroid dienone is 2. The number of aryl methyl sites for hydroxylation is 1. The minimum Gasteiger partial charge on any atom is -0.481 e. The van der Waals surface area contributed by atoms with Crippen molar-refractivity contribution >= 4 is 34.2 Å².